The Hall–Kier alpha value is -1.14. The summed E-state index contributed by atoms with van der Waals surface area (Å²) < 4.78 is 11.2. The number of esters is 1. The average molecular weight is 509 g/mol. The van der Waals surface area contributed by atoms with E-state index in [0.29, 0.717) is 19.4 Å². The smallest absolute Gasteiger partial charge is 0.346 e. The van der Waals surface area contributed by atoms with Crippen molar-refractivity contribution in [3.8, 4) is 0 Å². The quantitative estimate of drug-likeness (QED) is 0.124. The first kappa shape index (κ1) is 29.4. The molecule has 0 bridgehead atoms. The van der Waals surface area contributed by atoms with E-state index in [2.05, 4.69) is 6.92 Å². The number of ether oxygens (including phenoxy) is 2. The molecule has 0 N–H and O–H groups in total. The van der Waals surface area contributed by atoms with Gasteiger partial charge in [0.25, 0.3) is 0 Å². The zero-order chi connectivity index (χ0) is 25.4. The van der Waals surface area contributed by atoms with Gasteiger partial charge in [-0.3, -0.25) is 9.68 Å². The highest BCUT2D eigenvalue weighted by Crippen LogP contribution is 2.44. The summed E-state index contributed by atoms with van der Waals surface area (Å²) in [5.74, 6) is -1.73. The zero-order valence-electron chi connectivity index (χ0n) is 22.9. The molecule has 1 aliphatic carbocycles. The molecule has 2 heterocycles. The van der Waals surface area contributed by atoms with Gasteiger partial charge >= 0.3 is 11.9 Å². The fraction of sp³-hybridized carbons (Fsp3) is 0.933. The number of hydrogen-bond donors (Lipinski definition) is 0. The summed E-state index contributed by atoms with van der Waals surface area (Å²) in [6.07, 6.45) is 24.0. The van der Waals surface area contributed by atoms with Crippen molar-refractivity contribution >= 4 is 11.9 Å². The summed E-state index contributed by atoms with van der Waals surface area (Å²) in [7, 11) is 0. The SMILES string of the molecule is CCCCCCCCCCCCC1CCCCCCCCCOC(=O)C2CC3OC3CC2C(=O)OO1. The Morgan fingerprint density at radius 2 is 1.22 bits per heavy atom. The van der Waals surface area contributed by atoms with Crippen LogP contribution in [-0.2, 0) is 28.8 Å². The van der Waals surface area contributed by atoms with Crippen LogP contribution in [0.15, 0.2) is 0 Å². The van der Waals surface area contributed by atoms with Crippen LogP contribution in [0.2, 0.25) is 0 Å². The van der Waals surface area contributed by atoms with Crippen molar-refractivity contribution in [2.75, 3.05) is 6.61 Å². The van der Waals surface area contributed by atoms with Gasteiger partial charge in [0.2, 0.25) is 0 Å². The molecule has 208 valence electrons. The molecule has 1 saturated carbocycles. The second kappa shape index (κ2) is 17.4. The molecule has 0 aromatic rings. The van der Waals surface area contributed by atoms with Crippen molar-refractivity contribution in [1.29, 1.82) is 0 Å². The van der Waals surface area contributed by atoms with Crippen molar-refractivity contribution in [2.24, 2.45) is 11.8 Å². The predicted octanol–water partition coefficient (Wildman–Crippen LogP) is 7.61. The number of rotatable bonds is 11. The number of carbonyl (C=O) groups is 2. The van der Waals surface area contributed by atoms with Gasteiger partial charge in [0.05, 0.1) is 30.7 Å². The lowest BCUT2D eigenvalue weighted by molar-refractivity contribution is -0.304. The Bertz CT molecular complexity index is 623. The van der Waals surface area contributed by atoms with Gasteiger partial charge in [-0.25, -0.2) is 4.79 Å². The zero-order valence-corrected chi connectivity index (χ0v) is 22.9. The molecule has 3 aliphatic rings. The van der Waals surface area contributed by atoms with Gasteiger partial charge < -0.3 is 9.47 Å². The Balaban J connectivity index is 1.42. The van der Waals surface area contributed by atoms with Gasteiger partial charge in [0.15, 0.2) is 0 Å². The molecule has 5 unspecified atom stereocenters. The second-order valence-electron chi connectivity index (χ2n) is 11.4. The summed E-state index contributed by atoms with van der Waals surface area (Å²) in [5.41, 5.74) is 0. The molecule has 0 aromatic heterocycles. The number of hydrogen-bond acceptors (Lipinski definition) is 6. The molecule has 0 spiro atoms. The van der Waals surface area contributed by atoms with Crippen LogP contribution in [0.1, 0.15) is 142 Å². The minimum atomic E-state index is -0.532. The van der Waals surface area contributed by atoms with E-state index in [1.165, 1.54) is 83.5 Å². The predicted molar refractivity (Wildman–Crippen MR) is 140 cm³/mol. The summed E-state index contributed by atoms with van der Waals surface area (Å²) in [6, 6.07) is 0. The van der Waals surface area contributed by atoms with Crippen LogP contribution < -0.4 is 0 Å². The van der Waals surface area contributed by atoms with Gasteiger partial charge in [0.1, 0.15) is 6.10 Å². The fourth-order valence-electron chi connectivity index (χ4n) is 5.86. The van der Waals surface area contributed by atoms with Crippen LogP contribution in [0.3, 0.4) is 0 Å². The van der Waals surface area contributed by atoms with Crippen molar-refractivity contribution < 1.29 is 28.8 Å². The maximum absolute atomic E-state index is 13.0. The molecule has 3 rings (SSSR count). The van der Waals surface area contributed by atoms with Crippen molar-refractivity contribution in [3.63, 3.8) is 0 Å². The van der Waals surface area contributed by atoms with Gasteiger partial charge in [-0.15, -0.1) is 0 Å². The molecular formula is C30H52O6. The highest BCUT2D eigenvalue weighted by atomic mass is 17.2. The molecule has 0 amide bonds. The Morgan fingerprint density at radius 3 is 1.89 bits per heavy atom. The monoisotopic (exact) mass is 508 g/mol. The normalized spacial score (nSPS) is 30.4. The van der Waals surface area contributed by atoms with E-state index in [1.807, 2.05) is 0 Å². The van der Waals surface area contributed by atoms with Crippen LogP contribution in [0.25, 0.3) is 0 Å². The largest absolute Gasteiger partial charge is 0.465 e. The summed E-state index contributed by atoms with van der Waals surface area (Å²) in [5, 5.41) is 0. The summed E-state index contributed by atoms with van der Waals surface area (Å²) >= 11 is 0. The molecule has 36 heavy (non-hydrogen) atoms. The number of cyclic esters (lactones) is 1. The van der Waals surface area contributed by atoms with Crippen molar-refractivity contribution in [3.05, 3.63) is 0 Å². The standard InChI is InChI=1S/C30H52O6/c1-2-3-4-5-6-7-8-10-13-16-19-24-20-17-14-11-9-12-15-18-21-33-29(31)25-22-27-28(34-27)23-26(25)30(32)36-35-24/h24-28H,2-23H2,1H3. The molecule has 0 radical (unpaired) electrons. The molecular weight excluding hydrogens is 456 g/mol. The van der Waals surface area contributed by atoms with Crippen LogP contribution in [0.4, 0.5) is 0 Å². The van der Waals surface area contributed by atoms with Crippen LogP contribution in [0.5, 0.6) is 0 Å². The van der Waals surface area contributed by atoms with Crippen LogP contribution in [-0.4, -0.2) is 36.9 Å². The number of fused-ring (bicyclic) bond motifs is 2. The van der Waals surface area contributed by atoms with E-state index in [0.717, 1.165) is 38.5 Å². The van der Waals surface area contributed by atoms with Crippen molar-refractivity contribution in [2.45, 2.75) is 160 Å². The Kier molecular flexibility index (Phi) is 14.2. The second-order valence-corrected chi connectivity index (χ2v) is 11.4. The third kappa shape index (κ3) is 11.1. The van der Waals surface area contributed by atoms with E-state index in [4.69, 9.17) is 19.2 Å². The van der Waals surface area contributed by atoms with E-state index in [-0.39, 0.29) is 24.3 Å². The van der Waals surface area contributed by atoms with E-state index in [9.17, 15) is 9.59 Å². The highest BCUT2D eigenvalue weighted by Gasteiger charge is 2.54. The minimum absolute atomic E-state index is 0.0578. The van der Waals surface area contributed by atoms with E-state index < -0.39 is 17.8 Å². The number of unbranched alkanes of at least 4 members (excludes halogenated alkanes) is 9. The van der Waals surface area contributed by atoms with Gasteiger partial charge in [-0.1, -0.05) is 110 Å². The van der Waals surface area contributed by atoms with Crippen molar-refractivity contribution in [1.82, 2.24) is 0 Å². The lowest BCUT2D eigenvalue weighted by Gasteiger charge is -2.26. The lowest BCUT2D eigenvalue weighted by Crippen LogP contribution is -2.38. The van der Waals surface area contributed by atoms with Gasteiger partial charge in [-0.2, -0.15) is 4.89 Å². The van der Waals surface area contributed by atoms with Crippen LogP contribution in [0, 0.1) is 11.8 Å². The first-order valence-electron chi connectivity index (χ1n) is 15.4. The first-order chi connectivity index (χ1) is 17.7. The molecule has 3 fully saturated rings. The van der Waals surface area contributed by atoms with Gasteiger partial charge in [0, 0.05) is 0 Å². The maximum Gasteiger partial charge on any atom is 0.346 e. The van der Waals surface area contributed by atoms with E-state index in [1.54, 1.807) is 0 Å². The van der Waals surface area contributed by atoms with E-state index >= 15 is 0 Å². The third-order valence-electron chi connectivity index (χ3n) is 8.31. The van der Waals surface area contributed by atoms with Crippen LogP contribution >= 0.6 is 0 Å². The highest BCUT2D eigenvalue weighted by molar-refractivity contribution is 5.82. The summed E-state index contributed by atoms with van der Waals surface area (Å²) in [6.45, 7) is 2.70. The first-order valence-corrected chi connectivity index (χ1v) is 15.4. The Labute approximate surface area is 219 Å². The molecule has 5 atom stereocenters. The lowest BCUT2D eigenvalue weighted by atomic mass is 9.79. The number of carbonyl (C=O) groups excluding carboxylic acids is 2. The molecule has 6 heteroatoms. The average Bonchev–Trinajstić information content (AvgIpc) is 3.66. The topological polar surface area (TPSA) is 74.4 Å². The molecule has 0 aromatic carbocycles. The fourth-order valence-corrected chi connectivity index (χ4v) is 5.86. The molecule has 6 nitrogen and oxygen atoms in total. The molecule has 2 saturated heterocycles. The summed E-state index contributed by atoms with van der Waals surface area (Å²) in [4.78, 5) is 36.9. The molecule has 2 aliphatic heterocycles. The number of epoxide rings is 1. The maximum atomic E-state index is 13.0. The minimum Gasteiger partial charge on any atom is -0.465 e. The third-order valence-corrected chi connectivity index (χ3v) is 8.31. The Morgan fingerprint density at radius 1 is 0.667 bits per heavy atom. The van der Waals surface area contributed by atoms with Gasteiger partial charge in [-0.05, 0) is 32.1 Å².